The number of hydrogen-bond donors (Lipinski definition) is 1. The van der Waals surface area contributed by atoms with E-state index < -0.39 is 5.97 Å². The predicted octanol–water partition coefficient (Wildman–Crippen LogP) is 4.92. The Morgan fingerprint density at radius 3 is 2.41 bits per heavy atom. The molecule has 34 heavy (non-hydrogen) atoms. The van der Waals surface area contributed by atoms with Gasteiger partial charge in [0, 0.05) is 44.8 Å². The third kappa shape index (κ3) is 5.06. The molecule has 3 aromatic carbocycles. The molecule has 0 atom stereocenters. The Morgan fingerprint density at radius 2 is 1.62 bits per heavy atom. The average molecular weight is 455 g/mol. The first-order valence-electron chi connectivity index (χ1n) is 11.9. The van der Waals surface area contributed by atoms with Crippen LogP contribution < -0.4 is 4.74 Å². The molecule has 0 spiro atoms. The number of aromatic carboxylic acids is 1. The Kier molecular flexibility index (Phi) is 6.74. The van der Waals surface area contributed by atoms with Gasteiger partial charge in [0.1, 0.15) is 12.4 Å². The van der Waals surface area contributed by atoms with Gasteiger partial charge in [-0.15, -0.1) is 0 Å². The molecule has 3 aromatic rings. The standard InChI is InChI=1S/C29H30N2O3/c32-29(33)23-12-13-28-27(19-23)26(25-10-5-4-9-24(25)21-34-28)11-6-14-30-15-17-31(18-16-30)20-22-7-2-1-3-8-22/h1-5,7-13,19H,6,14-18,20-21H2,(H,32,33)/b26-11+. The number of benzene rings is 3. The van der Waals surface area contributed by atoms with Crippen LogP contribution in [0.3, 0.4) is 0 Å². The Labute approximate surface area is 200 Å². The van der Waals surface area contributed by atoms with Gasteiger partial charge in [-0.3, -0.25) is 4.90 Å². The molecule has 1 saturated heterocycles. The van der Waals surface area contributed by atoms with Crippen LogP contribution in [0.1, 0.15) is 39.0 Å². The zero-order valence-corrected chi connectivity index (χ0v) is 19.3. The summed E-state index contributed by atoms with van der Waals surface area (Å²) in [5, 5.41) is 9.53. The van der Waals surface area contributed by atoms with E-state index in [1.54, 1.807) is 18.2 Å². The van der Waals surface area contributed by atoms with Crippen LogP contribution in [0.25, 0.3) is 5.57 Å². The zero-order valence-electron chi connectivity index (χ0n) is 19.3. The number of hydrogen-bond acceptors (Lipinski definition) is 4. The molecule has 1 fully saturated rings. The SMILES string of the molecule is O=C(O)c1ccc2c(c1)/C(=C/CCN1CCN(Cc3ccccc3)CC1)c1ccccc1CO2. The number of carboxylic acids is 1. The highest BCUT2D eigenvalue weighted by molar-refractivity contribution is 5.92. The fourth-order valence-corrected chi connectivity index (χ4v) is 4.83. The summed E-state index contributed by atoms with van der Waals surface area (Å²) in [6, 6.07) is 24.0. The number of ether oxygens (including phenoxy) is 1. The Bertz CT molecular complexity index is 1180. The van der Waals surface area contributed by atoms with Gasteiger partial charge in [-0.25, -0.2) is 4.79 Å². The first-order chi connectivity index (χ1) is 16.7. The fraction of sp³-hybridized carbons (Fsp3) is 0.276. The van der Waals surface area contributed by atoms with Gasteiger partial charge in [-0.2, -0.15) is 0 Å². The van der Waals surface area contributed by atoms with Crippen LogP contribution in [0, 0.1) is 0 Å². The summed E-state index contributed by atoms with van der Waals surface area (Å²) in [6.07, 6.45) is 3.16. The number of piperazine rings is 1. The molecule has 174 valence electrons. The van der Waals surface area contributed by atoms with Crippen molar-refractivity contribution >= 4 is 11.5 Å². The fourth-order valence-electron chi connectivity index (χ4n) is 4.83. The van der Waals surface area contributed by atoms with Crippen molar-refractivity contribution < 1.29 is 14.6 Å². The molecule has 5 nitrogen and oxygen atoms in total. The summed E-state index contributed by atoms with van der Waals surface area (Å²) in [7, 11) is 0. The van der Waals surface area contributed by atoms with Crippen LogP contribution in [0.2, 0.25) is 0 Å². The van der Waals surface area contributed by atoms with Gasteiger partial charge in [0.25, 0.3) is 0 Å². The monoisotopic (exact) mass is 454 g/mol. The van der Waals surface area contributed by atoms with E-state index in [9.17, 15) is 9.90 Å². The number of carbonyl (C=O) groups is 1. The van der Waals surface area contributed by atoms with E-state index in [1.807, 2.05) is 12.1 Å². The van der Waals surface area contributed by atoms with Crippen molar-refractivity contribution in [3.63, 3.8) is 0 Å². The lowest BCUT2D eigenvalue weighted by Gasteiger charge is -2.34. The minimum absolute atomic E-state index is 0.280. The molecule has 5 rings (SSSR count). The summed E-state index contributed by atoms with van der Waals surface area (Å²) in [4.78, 5) is 16.7. The van der Waals surface area contributed by atoms with Crippen molar-refractivity contribution in [2.24, 2.45) is 0 Å². The molecule has 2 aliphatic heterocycles. The smallest absolute Gasteiger partial charge is 0.335 e. The third-order valence-electron chi connectivity index (χ3n) is 6.72. The minimum Gasteiger partial charge on any atom is -0.488 e. The van der Waals surface area contributed by atoms with E-state index in [-0.39, 0.29) is 5.56 Å². The van der Waals surface area contributed by atoms with Crippen molar-refractivity contribution in [2.45, 2.75) is 19.6 Å². The lowest BCUT2D eigenvalue weighted by molar-refractivity contribution is 0.0697. The average Bonchev–Trinajstić information content (AvgIpc) is 3.02. The Balaban J connectivity index is 1.29. The second-order valence-corrected chi connectivity index (χ2v) is 8.97. The number of fused-ring (bicyclic) bond motifs is 2. The summed E-state index contributed by atoms with van der Waals surface area (Å²) < 4.78 is 6.05. The topological polar surface area (TPSA) is 53.0 Å². The summed E-state index contributed by atoms with van der Waals surface area (Å²) in [6.45, 7) is 6.76. The van der Waals surface area contributed by atoms with Gasteiger partial charge >= 0.3 is 5.97 Å². The van der Waals surface area contributed by atoms with Crippen molar-refractivity contribution in [1.82, 2.24) is 9.80 Å². The number of nitrogens with zero attached hydrogens (tertiary/aromatic N) is 2. The van der Waals surface area contributed by atoms with Gasteiger partial charge in [0.15, 0.2) is 0 Å². The molecular formula is C29H30N2O3. The first-order valence-corrected chi connectivity index (χ1v) is 11.9. The normalized spacial score (nSPS) is 17.5. The van der Waals surface area contributed by atoms with E-state index in [1.165, 1.54) is 5.56 Å². The zero-order chi connectivity index (χ0) is 23.3. The molecular weight excluding hydrogens is 424 g/mol. The molecule has 1 N–H and O–H groups in total. The lowest BCUT2D eigenvalue weighted by atomic mass is 9.92. The van der Waals surface area contributed by atoms with Crippen LogP contribution in [0.4, 0.5) is 0 Å². The van der Waals surface area contributed by atoms with Crippen molar-refractivity contribution in [3.8, 4) is 5.75 Å². The minimum atomic E-state index is -0.923. The maximum Gasteiger partial charge on any atom is 0.335 e. The van der Waals surface area contributed by atoms with E-state index in [2.05, 4.69) is 58.3 Å². The van der Waals surface area contributed by atoms with Crippen molar-refractivity contribution in [2.75, 3.05) is 32.7 Å². The molecule has 0 aromatic heterocycles. The van der Waals surface area contributed by atoms with E-state index in [0.717, 1.165) is 73.7 Å². The van der Waals surface area contributed by atoms with Gasteiger partial charge in [0.2, 0.25) is 0 Å². The van der Waals surface area contributed by atoms with Crippen LogP contribution >= 0.6 is 0 Å². The lowest BCUT2D eigenvalue weighted by Crippen LogP contribution is -2.46. The largest absolute Gasteiger partial charge is 0.488 e. The molecule has 0 amide bonds. The molecule has 5 heteroatoms. The Morgan fingerprint density at radius 1 is 0.882 bits per heavy atom. The second-order valence-electron chi connectivity index (χ2n) is 8.97. The molecule has 0 saturated carbocycles. The highest BCUT2D eigenvalue weighted by Gasteiger charge is 2.21. The van der Waals surface area contributed by atoms with E-state index in [0.29, 0.717) is 6.61 Å². The summed E-state index contributed by atoms with van der Waals surface area (Å²) in [5.74, 6) is -0.185. The Hall–Kier alpha value is -3.41. The maximum absolute atomic E-state index is 11.6. The van der Waals surface area contributed by atoms with Crippen molar-refractivity contribution in [1.29, 1.82) is 0 Å². The highest BCUT2D eigenvalue weighted by Crippen LogP contribution is 2.37. The van der Waals surface area contributed by atoms with Crippen LogP contribution in [-0.4, -0.2) is 53.6 Å². The molecule has 2 aliphatic rings. The number of carboxylic acid groups (broad SMARTS) is 1. The predicted molar refractivity (Wildman–Crippen MR) is 134 cm³/mol. The maximum atomic E-state index is 11.6. The quantitative estimate of drug-likeness (QED) is 0.573. The van der Waals surface area contributed by atoms with Gasteiger partial charge in [0.05, 0.1) is 5.56 Å². The van der Waals surface area contributed by atoms with Crippen molar-refractivity contribution in [3.05, 3.63) is 107 Å². The van der Waals surface area contributed by atoms with Gasteiger partial charge in [-0.1, -0.05) is 60.7 Å². The van der Waals surface area contributed by atoms with E-state index in [4.69, 9.17) is 4.74 Å². The third-order valence-corrected chi connectivity index (χ3v) is 6.72. The van der Waals surface area contributed by atoms with Crippen LogP contribution in [0.15, 0.2) is 78.9 Å². The summed E-state index contributed by atoms with van der Waals surface area (Å²) >= 11 is 0. The molecule has 0 aliphatic carbocycles. The van der Waals surface area contributed by atoms with Gasteiger partial charge in [-0.05, 0) is 46.9 Å². The summed E-state index contributed by atoms with van der Waals surface area (Å²) in [5.41, 5.74) is 5.82. The number of rotatable bonds is 6. The highest BCUT2D eigenvalue weighted by atomic mass is 16.5. The molecule has 0 unspecified atom stereocenters. The first kappa shape index (κ1) is 22.4. The van der Waals surface area contributed by atoms with Crippen LogP contribution in [-0.2, 0) is 13.2 Å². The van der Waals surface area contributed by atoms with Gasteiger partial charge < -0.3 is 14.7 Å². The molecule has 2 heterocycles. The van der Waals surface area contributed by atoms with Crippen LogP contribution in [0.5, 0.6) is 5.75 Å². The van der Waals surface area contributed by atoms with E-state index >= 15 is 0 Å². The molecule has 0 radical (unpaired) electrons. The second kappa shape index (κ2) is 10.2. The molecule has 0 bridgehead atoms.